The molecule has 7 heteroatoms. The normalized spacial score (nSPS) is 18.4. The lowest BCUT2D eigenvalue weighted by Crippen LogP contribution is -2.44. The first-order valence-corrected chi connectivity index (χ1v) is 8.08. The molecule has 0 bridgehead atoms. The van der Waals surface area contributed by atoms with E-state index in [1.807, 2.05) is 29.0 Å². The van der Waals surface area contributed by atoms with Crippen LogP contribution in [0.5, 0.6) is 0 Å². The topological polar surface area (TPSA) is 70.2 Å². The Morgan fingerprint density at radius 2 is 2.05 bits per heavy atom. The monoisotopic (exact) mass is 335 g/mol. The van der Waals surface area contributed by atoms with E-state index < -0.39 is 6.04 Å². The van der Waals surface area contributed by atoms with Gasteiger partial charge in [-0.3, -0.25) is 4.79 Å². The summed E-state index contributed by atoms with van der Waals surface area (Å²) in [6, 6.07) is 8.18. The van der Waals surface area contributed by atoms with Gasteiger partial charge in [-0.1, -0.05) is 23.7 Å². The summed E-state index contributed by atoms with van der Waals surface area (Å²) in [5.74, 6) is -0.218. The third-order valence-corrected chi connectivity index (χ3v) is 4.41. The Labute approximate surface area is 136 Å². The van der Waals surface area contributed by atoms with Gasteiger partial charge in [0, 0.05) is 11.6 Å². The van der Waals surface area contributed by atoms with Crippen molar-refractivity contribution in [3.8, 4) is 0 Å². The zero-order valence-corrected chi connectivity index (χ0v) is 13.1. The van der Waals surface area contributed by atoms with Gasteiger partial charge in [-0.25, -0.2) is 4.79 Å². The molecule has 0 spiro atoms. The Kier molecular flexibility index (Phi) is 4.31. The van der Waals surface area contributed by atoms with Crippen molar-refractivity contribution in [3.63, 3.8) is 0 Å². The number of halogens is 1. The Hall–Kier alpha value is -2.05. The van der Waals surface area contributed by atoms with E-state index in [2.05, 4.69) is 16.0 Å². The highest BCUT2D eigenvalue weighted by atomic mass is 35.5. The van der Waals surface area contributed by atoms with Gasteiger partial charge in [-0.15, -0.1) is 0 Å². The van der Waals surface area contributed by atoms with Crippen LogP contribution in [0, 0.1) is 0 Å². The molecule has 2 heterocycles. The summed E-state index contributed by atoms with van der Waals surface area (Å²) in [7, 11) is 0. The van der Waals surface area contributed by atoms with Crippen LogP contribution >= 0.6 is 22.9 Å². The number of hydrogen-bond acceptors (Lipinski definition) is 3. The molecule has 3 amide bonds. The number of hydrogen-bond donors (Lipinski definition) is 3. The number of urea groups is 1. The second kappa shape index (κ2) is 6.37. The lowest BCUT2D eigenvalue weighted by molar-refractivity contribution is -0.122. The maximum Gasteiger partial charge on any atom is 0.315 e. The van der Waals surface area contributed by atoms with Crippen molar-refractivity contribution in [1.82, 2.24) is 16.0 Å². The Morgan fingerprint density at radius 1 is 1.27 bits per heavy atom. The summed E-state index contributed by atoms with van der Waals surface area (Å²) in [6.07, 6.45) is 0. The van der Waals surface area contributed by atoms with Gasteiger partial charge in [0.2, 0.25) is 5.91 Å². The Bertz CT molecular complexity index is 673. The van der Waals surface area contributed by atoms with Crippen LogP contribution in [-0.4, -0.2) is 24.5 Å². The van der Waals surface area contributed by atoms with E-state index in [4.69, 9.17) is 11.6 Å². The summed E-state index contributed by atoms with van der Waals surface area (Å²) in [4.78, 5) is 23.5. The van der Waals surface area contributed by atoms with Gasteiger partial charge in [-0.05, 0) is 40.1 Å². The van der Waals surface area contributed by atoms with E-state index in [9.17, 15) is 9.59 Å². The summed E-state index contributed by atoms with van der Waals surface area (Å²) < 4.78 is 0. The molecule has 1 fully saturated rings. The van der Waals surface area contributed by atoms with Crippen molar-refractivity contribution in [2.24, 2.45) is 0 Å². The van der Waals surface area contributed by atoms with E-state index in [0.717, 1.165) is 11.1 Å². The van der Waals surface area contributed by atoms with Crippen LogP contribution < -0.4 is 16.0 Å². The summed E-state index contributed by atoms with van der Waals surface area (Å²) in [5.41, 5.74) is 1.94. The molecular weight excluding hydrogens is 322 g/mol. The number of carbonyl (C=O) groups is 2. The summed E-state index contributed by atoms with van der Waals surface area (Å²) >= 11 is 7.49. The van der Waals surface area contributed by atoms with Gasteiger partial charge in [0.15, 0.2) is 0 Å². The lowest BCUT2D eigenvalue weighted by Gasteiger charge is -2.20. The minimum Gasteiger partial charge on any atom is -0.343 e. The molecule has 22 heavy (non-hydrogen) atoms. The van der Waals surface area contributed by atoms with E-state index >= 15 is 0 Å². The molecule has 1 aromatic heterocycles. The van der Waals surface area contributed by atoms with Crippen LogP contribution in [0.1, 0.15) is 17.2 Å². The number of benzene rings is 1. The molecule has 1 saturated heterocycles. The van der Waals surface area contributed by atoms with Gasteiger partial charge in [0.1, 0.15) is 6.04 Å². The van der Waals surface area contributed by atoms with Crippen LogP contribution in [0.2, 0.25) is 5.02 Å². The SMILES string of the molecule is O=C1NCC(C(=O)NC(c2ccc(Cl)cc2)c2ccsc2)N1. The summed E-state index contributed by atoms with van der Waals surface area (Å²) in [6.45, 7) is 0.293. The number of thiophene rings is 1. The predicted octanol–water partition coefficient (Wildman–Crippen LogP) is 2.29. The molecule has 114 valence electrons. The second-order valence-electron chi connectivity index (χ2n) is 4.96. The first-order valence-electron chi connectivity index (χ1n) is 6.76. The van der Waals surface area contributed by atoms with Gasteiger partial charge < -0.3 is 16.0 Å². The molecule has 3 rings (SSSR count). The van der Waals surface area contributed by atoms with Crippen molar-refractivity contribution in [1.29, 1.82) is 0 Å². The quantitative estimate of drug-likeness (QED) is 0.802. The van der Waals surface area contributed by atoms with Gasteiger partial charge in [0.25, 0.3) is 0 Å². The highest BCUT2D eigenvalue weighted by Crippen LogP contribution is 2.25. The van der Waals surface area contributed by atoms with Crippen molar-refractivity contribution >= 4 is 34.9 Å². The fourth-order valence-electron chi connectivity index (χ4n) is 2.31. The van der Waals surface area contributed by atoms with Crippen molar-refractivity contribution in [2.75, 3.05) is 6.54 Å². The van der Waals surface area contributed by atoms with E-state index in [0.29, 0.717) is 11.6 Å². The first kappa shape index (κ1) is 14.9. The maximum absolute atomic E-state index is 12.3. The number of nitrogens with one attached hydrogen (secondary N) is 3. The Balaban J connectivity index is 1.81. The molecule has 0 saturated carbocycles. The van der Waals surface area contributed by atoms with Crippen LogP contribution in [0.4, 0.5) is 4.79 Å². The molecule has 1 aliphatic rings. The van der Waals surface area contributed by atoms with Crippen LogP contribution in [-0.2, 0) is 4.79 Å². The van der Waals surface area contributed by atoms with Crippen LogP contribution in [0.15, 0.2) is 41.1 Å². The molecule has 1 aliphatic heterocycles. The molecule has 2 unspecified atom stereocenters. The zero-order chi connectivity index (χ0) is 15.5. The third-order valence-electron chi connectivity index (χ3n) is 3.46. The highest BCUT2D eigenvalue weighted by molar-refractivity contribution is 7.08. The van der Waals surface area contributed by atoms with Crippen molar-refractivity contribution in [2.45, 2.75) is 12.1 Å². The van der Waals surface area contributed by atoms with E-state index in [1.54, 1.807) is 23.5 Å². The standard InChI is InChI=1S/C15H14ClN3O2S/c16-11-3-1-9(2-4-11)13(10-5-6-22-8-10)19-14(20)12-7-17-15(21)18-12/h1-6,8,12-13H,7H2,(H,19,20)(H2,17,18,21). The number of rotatable bonds is 4. The fourth-order valence-corrected chi connectivity index (χ4v) is 3.12. The fraction of sp³-hybridized carbons (Fsp3) is 0.200. The Morgan fingerprint density at radius 3 is 2.64 bits per heavy atom. The molecule has 2 atom stereocenters. The highest BCUT2D eigenvalue weighted by Gasteiger charge is 2.29. The molecule has 3 N–H and O–H groups in total. The van der Waals surface area contributed by atoms with Crippen molar-refractivity contribution in [3.05, 3.63) is 57.2 Å². The maximum atomic E-state index is 12.3. The molecule has 0 aliphatic carbocycles. The molecule has 2 aromatic rings. The second-order valence-corrected chi connectivity index (χ2v) is 6.17. The van der Waals surface area contributed by atoms with Crippen LogP contribution in [0.3, 0.4) is 0 Å². The molecule has 0 radical (unpaired) electrons. The minimum absolute atomic E-state index is 0.218. The number of carbonyl (C=O) groups excluding carboxylic acids is 2. The minimum atomic E-state index is -0.555. The molecule has 1 aromatic carbocycles. The lowest BCUT2D eigenvalue weighted by atomic mass is 10.0. The summed E-state index contributed by atoms with van der Waals surface area (Å²) in [5, 5.41) is 12.7. The smallest absolute Gasteiger partial charge is 0.315 e. The molecule has 5 nitrogen and oxygen atoms in total. The van der Waals surface area contributed by atoms with E-state index in [-0.39, 0.29) is 18.0 Å². The van der Waals surface area contributed by atoms with Gasteiger partial charge >= 0.3 is 6.03 Å². The average molecular weight is 336 g/mol. The van der Waals surface area contributed by atoms with Gasteiger partial charge in [0.05, 0.1) is 6.04 Å². The van der Waals surface area contributed by atoms with Crippen molar-refractivity contribution < 1.29 is 9.59 Å². The largest absolute Gasteiger partial charge is 0.343 e. The number of amides is 3. The third kappa shape index (κ3) is 3.23. The van der Waals surface area contributed by atoms with Gasteiger partial charge in [-0.2, -0.15) is 11.3 Å². The zero-order valence-electron chi connectivity index (χ0n) is 11.5. The van der Waals surface area contributed by atoms with Crippen LogP contribution in [0.25, 0.3) is 0 Å². The van der Waals surface area contributed by atoms with E-state index in [1.165, 1.54) is 0 Å². The first-order chi connectivity index (χ1) is 10.6. The predicted molar refractivity (Wildman–Crippen MR) is 86.1 cm³/mol. The molecular formula is C15H14ClN3O2S. The average Bonchev–Trinajstić information content (AvgIpc) is 3.17.